The van der Waals surface area contributed by atoms with Gasteiger partial charge in [-0.15, -0.1) is 0 Å². The lowest BCUT2D eigenvalue weighted by atomic mass is 10.2. The minimum Gasteiger partial charge on any atom is -0.465 e. The molecule has 2 amide bonds. The second kappa shape index (κ2) is 7.90. The Labute approximate surface area is 115 Å². The number of hydrogen-bond acceptors (Lipinski definition) is 5. The van der Waals surface area contributed by atoms with E-state index in [0.29, 0.717) is 17.7 Å². The third-order valence-electron chi connectivity index (χ3n) is 2.39. The van der Waals surface area contributed by atoms with E-state index in [9.17, 15) is 14.4 Å². The van der Waals surface area contributed by atoms with E-state index in [4.69, 9.17) is 5.11 Å². The van der Waals surface area contributed by atoms with E-state index in [-0.39, 0.29) is 13.2 Å². The molecule has 0 bridgehead atoms. The van der Waals surface area contributed by atoms with Crippen molar-refractivity contribution in [2.45, 2.75) is 6.42 Å². The zero-order chi connectivity index (χ0) is 15.0. The number of esters is 1. The Hall–Kier alpha value is -2.41. The van der Waals surface area contributed by atoms with Gasteiger partial charge in [0.2, 0.25) is 0 Å². The topological polar surface area (TPSA) is 105 Å². The van der Waals surface area contributed by atoms with Gasteiger partial charge in [0.25, 0.3) is 0 Å². The number of carbonyl (C=O) groups excluding carboxylic acids is 3. The number of benzene rings is 1. The molecular formula is C13H16N2O5. The summed E-state index contributed by atoms with van der Waals surface area (Å²) >= 11 is 0. The van der Waals surface area contributed by atoms with Gasteiger partial charge in [-0.25, -0.2) is 4.79 Å². The van der Waals surface area contributed by atoms with Crippen LogP contribution >= 0.6 is 0 Å². The van der Waals surface area contributed by atoms with Gasteiger partial charge >= 0.3 is 17.8 Å². The van der Waals surface area contributed by atoms with E-state index in [1.54, 1.807) is 0 Å². The van der Waals surface area contributed by atoms with Crippen molar-refractivity contribution in [1.29, 1.82) is 0 Å². The third-order valence-corrected chi connectivity index (χ3v) is 2.39. The highest BCUT2D eigenvalue weighted by Crippen LogP contribution is 2.10. The summed E-state index contributed by atoms with van der Waals surface area (Å²) in [6.45, 7) is 0.168. The van der Waals surface area contributed by atoms with Crippen LogP contribution in [0.5, 0.6) is 0 Å². The van der Waals surface area contributed by atoms with Crippen LogP contribution in [-0.2, 0) is 14.3 Å². The highest BCUT2D eigenvalue weighted by molar-refractivity contribution is 6.39. The largest absolute Gasteiger partial charge is 0.465 e. The van der Waals surface area contributed by atoms with E-state index >= 15 is 0 Å². The van der Waals surface area contributed by atoms with E-state index in [2.05, 4.69) is 15.4 Å². The Morgan fingerprint density at radius 1 is 1.15 bits per heavy atom. The zero-order valence-corrected chi connectivity index (χ0v) is 11.0. The molecular weight excluding hydrogens is 264 g/mol. The van der Waals surface area contributed by atoms with Crippen LogP contribution in [0.25, 0.3) is 0 Å². The summed E-state index contributed by atoms with van der Waals surface area (Å²) in [7, 11) is 1.27. The summed E-state index contributed by atoms with van der Waals surface area (Å²) in [6.07, 6.45) is 0.382. The van der Waals surface area contributed by atoms with Crippen LogP contribution in [0, 0.1) is 0 Å². The van der Waals surface area contributed by atoms with Crippen LogP contribution < -0.4 is 10.6 Å². The van der Waals surface area contributed by atoms with Crippen molar-refractivity contribution < 1.29 is 24.2 Å². The molecule has 0 aliphatic rings. The van der Waals surface area contributed by atoms with Gasteiger partial charge in [0.05, 0.1) is 12.7 Å². The molecule has 1 rings (SSSR count). The van der Waals surface area contributed by atoms with Gasteiger partial charge in [-0.05, 0) is 30.7 Å². The molecule has 0 fully saturated rings. The van der Waals surface area contributed by atoms with Gasteiger partial charge in [0, 0.05) is 18.8 Å². The lowest BCUT2D eigenvalue weighted by molar-refractivity contribution is -0.136. The first-order valence-corrected chi connectivity index (χ1v) is 5.97. The Morgan fingerprint density at radius 3 is 2.35 bits per heavy atom. The standard InChI is InChI=1S/C13H16N2O5/c1-20-13(19)9-3-5-10(6-4-9)15-12(18)11(17)14-7-2-8-16/h3-6,16H,2,7-8H2,1H3,(H,14,17)(H,15,18). The number of methoxy groups -OCH3 is 1. The van der Waals surface area contributed by atoms with Gasteiger partial charge in [0.1, 0.15) is 0 Å². The molecule has 0 aliphatic carbocycles. The van der Waals surface area contributed by atoms with Crippen molar-refractivity contribution in [2.75, 3.05) is 25.6 Å². The summed E-state index contributed by atoms with van der Waals surface area (Å²) in [5.41, 5.74) is 0.734. The van der Waals surface area contributed by atoms with Gasteiger partial charge in [0.15, 0.2) is 0 Å². The van der Waals surface area contributed by atoms with Crippen molar-refractivity contribution in [2.24, 2.45) is 0 Å². The van der Waals surface area contributed by atoms with E-state index < -0.39 is 17.8 Å². The van der Waals surface area contributed by atoms with Crippen LogP contribution in [0.15, 0.2) is 24.3 Å². The molecule has 0 aromatic heterocycles. The number of hydrogen-bond donors (Lipinski definition) is 3. The maximum Gasteiger partial charge on any atom is 0.337 e. The lowest BCUT2D eigenvalue weighted by Gasteiger charge is -2.06. The first kappa shape index (κ1) is 15.6. The molecule has 108 valence electrons. The third kappa shape index (κ3) is 4.69. The Kier molecular flexibility index (Phi) is 6.18. The average molecular weight is 280 g/mol. The van der Waals surface area contributed by atoms with Crippen LogP contribution in [0.2, 0.25) is 0 Å². The molecule has 0 aliphatic heterocycles. The Balaban J connectivity index is 2.53. The summed E-state index contributed by atoms with van der Waals surface area (Å²) in [6, 6.07) is 5.94. The molecule has 0 unspecified atom stereocenters. The lowest BCUT2D eigenvalue weighted by Crippen LogP contribution is -2.36. The highest BCUT2D eigenvalue weighted by atomic mass is 16.5. The first-order valence-electron chi connectivity index (χ1n) is 5.97. The number of amides is 2. The summed E-state index contributed by atoms with van der Waals surface area (Å²) in [5.74, 6) is -2.08. The monoisotopic (exact) mass is 280 g/mol. The predicted octanol–water partition coefficient (Wildman–Crippen LogP) is -0.0897. The smallest absolute Gasteiger partial charge is 0.337 e. The van der Waals surface area contributed by atoms with Crippen LogP contribution in [0.3, 0.4) is 0 Å². The fourth-order valence-electron chi connectivity index (χ4n) is 1.36. The fourth-order valence-corrected chi connectivity index (χ4v) is 1.36. The molecule has 0 spiro atoms. The maximum atomic E-state index is 11.5. The first-order chi connectivity index (χ1) is 9.58. The number of aliphatic hydroxyl groups is 1. The molecule has 0 saturated carbocycles. The molecule has 7 nitrogen and oxygen atoms in total. The molecule has 0 atom stereocenters. The second-order valence-electron chi connectivity index (χ2n) is 3.86. The normalized spacial score (nSPS) is 9.70. The summed E-state index contributed by atoms with van der Waals surface area (Å²) in [4.78, 5) is 34.1. The van der Waals surface area contributed by atoms with Gasteiger partial charge < -0.3 is 20.5 Å². The van der Waals surface area contributed by atoms with Crippen LogP contribution in [0.4, 0.5) is 5.69 Å². The minimum absolute atomic E-state index is 0.0586. The average Bonchev–Trinajstić information content (AvgIpc) is 2.47. The number of anilines is 1. The summed E-state index contributed by atoms with van der Waals surface area (Å²) in [5, 5.41) is 13.3. The van der Waals surface area contributed by atoms with Crippen LogP contribution in [0.1, 0.15) is 16.8 Å². The number of ether oxygens (including phenoxy) is 1. The van der Waals surface area contributed by atoms with Crippen molar-refractivity contribution in [3.63, 3.8) is 0 Å². The molecule has 1 aromatic carbocycles. The number of carbonyl (C=O) groups is 3. The summed E-state index contributed by atoms with van der Waals surface area (Å²) < 4.78 is 4.54. The van der Waals surface area contributed by atoms with Gasteiger partial charge in [-0.2, -0.15) is 0 Å². The predicted molar refractivity (Wildman–Crippen MR) is 71.1 cm³/mol. The van der Waals surface area contributed by atoms with E-state index in [0.717, 1.165) is 0 Å². The molecule has 0 heterocycles. The van der Waals surface area contributed by atoms with E-state index in [1.165, 1.54) is 31.4 Å². The van der Waals surface area contributed by atoms with Crippen molar-refractivity contribution in [3.05, 3.63) is 29.8 Å². The molecule has 20 heavy (non-hydrogen) atoms. The van der Waals surface area contributed by atoms with Crippen molar-refractivity contribution >= 4 is 23.5 Å². The Bertz CT molecular complexity index is 484. The van der Waals surface area contributed by atoms with Gasteiger partial charge in [-0.3, -0.25) is 9.59 Å². The highest BCUT2D eigenvalue weighted by Gasteiger charge is 2.13. The van der Waals surface area contributed by atoms with Crippen molar-refractivity contribution in [1.82, 2.24) is 5.32 Å². The molecule has 7 heteroatoms. The quantitative estimate of drug-likeness (QED) is 0.397. The fraction of sp³-hybridized carbons (Fsp3) is 0.308. The van der Waals surface area contributed by atoms with Crippen molar-refractivity contribution in [3.8, 4) is 0 Å². The minimum atomic E-state index is -0.811. The zero-order valence-electron chi connectivity index (χ0n) is 11.0. The molecule has 1 aromatic rings. The van der Waals surface area contributed by atoms with E-state index in [1.807, 2.05) is 0 Å². The Morgan fingerprint density at radius 2 is 1.80 bits per heavy atom. The maximum absolute atomic E-state index is 11.5. The van der Waals surface area contributed by atoms with Gasteiger partial charge in [-0.1, -0.05) is 0 Å². The van der Waals surface area contributed by atoms with Crippen LogP contribution in [-0.4, -0.2) is 43.2 Å². The molecule has 0 saturated heterocycles. The number of rotatable bonds is 5. The second-order valence-corrected chi connectivity index (χ2v) is 3.86. The number of nitrogens with one attached hydrogen (secondary N) is 2. The number of aliphatic hydroxyl groups excluding tert-OH is 1. The molecule has 0 radical (unpaired) electrons. The molecule has 3 N–H and O–H groups in total. The SMILES string of the molecule is COC(=O)c1ccc(NC(=O)C(=O)NCCCO)cc1.